The SMILES string of the molecule is O=C(NCc1ccccn1)c1ccccc1NC(=O)N1CC2CC(C1)c1cccc(=O)n1C2. The van der Waals surface area contributed by atoms with Crippen LogP contribution in [0.15, 0.2) is 71.7 Å². The van der Waals surface area contributed by atoms with E-state index in [0.717, 1.165) is 17.8 Å². The molecule has 2 bridgehead atoms. The molecular weight excluding hydrogens is 418 g/mol. The van der Waals surface area contributed by atoms with Gasteiger partial charge in [0.1, 0.15) is 0 Å². The molecule has 2 unspecified atom stereocenters. The van der Waals surface area contributed by atoms with E-state index < -0.39 is 0 Å². The highest BCUT2D eigenvalue weighted by Crippen LogP contribution is 2.35. The van der Waals surface area contributed by atoms with Crippen LogP contribution in [0.1, 0.15) is 34.1 Å². The number of amides is 3. The molecule has 168 valence electrons. The van der Waals surface area contributed by atoms with Crippen LogP contribution in [0.25, 0.3) is 0 Å². The predicted molar refractivity (Wildman–Crippen MR) is 124 cm³/mol. The molecule has 3 amide bonds. The van der Waals surface area contributed by atoms with Gasteiger partial charge in [0.15, 0.2) is 0 Å². The Hall–Kier alpha value is -3.94. The molecule has 1 fully saturated rings. The van der Waals surface area contributed by atoms with E-state index in [-0.39, 0.29) is 29.3 Å². The number of fused-ring (bicyclic) bond motifs is 4. The van der Waals surface area contributed by atoms with Crippen molar-refractivity contribution in [3.63, 3.8) is 0 Å². The number of para-hydroxylation sites is 1. The van der Waals surface area contributed by atoms with Crippen LogP contribution in [0, 0.1) is 5.92 Å². The van der Waals surface area contributed by atoms with Gasteiger partial charge in [-0.25, -0.2) is 4.79 Å². The quantitative estimate of drug-likeness (QED) is 0.648. The van der Waals surface area contributed by atoms with Crippen molar-refractivity contribution < 1.29 is 9.59 Å². The molecule has 4 heterocycles. The third kappa shape index (κ3) is 4.37. The van der Waals surface area contributed by atoms with Gasteiger partial charge in [0.25, 0.3) is 11.5 Å². The number of hydrogen-bond acceptors (Lipinski definition) is 4. The lowest BCUT2D eigenvalue weighted by Crippen LogP contribution is -2.50. The third-order valence-corrected chi connectivity index (χ3v) is 6.34. The van der Waals surface area contributed by atoms with Gasteiger partial charge in [0.05, 0.1) is 23.5 Å². The maximum Gasteiger partial charge on any atom is 0.321 e. The van der Waals surface area contributed by atoms with Crippen molar-refractivity contribution in [2.45, 2.75) is 25.4 Å². The maximum atomic E-state index is 13.1. The summed E-state index contributed by atoms with van der Waals surface area (Å²) in [6.07, 6.45) is 2.65. The molecular formula is C25H25N5O3. The van der Waals surface area contributed by atoms with Crippen LogP contribution in [0.2, 0.25) is 0 Å². The van der Waals surface area contributed by atoms with Crippen molar-refractivity contribution in [1.29, 1.82) is 0 Å². The van der Waals surface area contributed by atoms with E-state index in [0.29, 0.717) is 37.4 Å². The second-order valence-electron chi connectivity index (χ2n) is 8.58. The fraction of sp³-hybridized carbons (Fsp3) is 0.280. The third-order valence-electron chi connectivity index (χ3n) is 6.34. The Kier molecular flexibility index (Phi) is 5.64. The van der Waals surface area contributed by atoms with Crippen molar-refractivity contribution in [3.8, 4) is 0 Å². The highest BCUT2D eigenvalue weighted by molar-refractivity contribution is 6.03. The smallest absolute Gasteiger partial charge is 0.321 e. The summed E-state index contributed by atoms with van der Waals surface area (Å²) in [5.74, 6) is 0.0912. The zero-order valence-electron chi connectivity index (χ0n) is 18.1. The monoisotopic (exact) mass is 443 g/mol. The van der Waals surface area contributed by atoms with E-state index in [1.807, 2.05) is 28.8 Å². The molecule has 1 aromatic carbocycles. The number of urea groups is 1. The van der Waals surface area contributed by atoms with E-state index in [4.69, 9.17) is 0 Å². The Morgan fingerprint density at radius 3 is 2.67 bits per heavy atom. The van der Waals surface area contributed by atoms with Crippen LogP contribution in [-0.4, -0.2) is 39.5 Å². The number of likely N-dealkylation sites (tertiary alicyclic amines) is 1. The number of hydrogen-bond donors (Lipinski definition) is 2. The number of carbonyl (C=O) groups is 2. The average Bonchev–Trinajstić information content (AvgIpc) is 2.84. The minimum Gasteiger partial charge on any atom is -0.346 e. The van der Waals surface area contributed by atoms with Crippen molar-refractivity contribution >= 4 is 17.6 Å². The standard InChI is InChI=1S/C25H25N5O3/c31-23-10-5-9-22-18-12-17(15-30(22)23)14-29(16-18)25(33)28-21-8-2-1-7-20(21)24(32)27-13-19-6-3-4-11-26-19/h1-11,17-18H,12-16H2,(H,27,32)(H,28,33). The Morgan fingerprint density at radius 1 is 0.970 bits per heavy atom. The highest BCUT2D eigenvalue weighted by atomic mass is 16.2. The summed E-state index contributed by atoms with van der Waals surface area (Å²) < 4.78 is 1.84. The zero-order valence-corrected chi connectivity index (χ0v) is 18.1. The maximum absolute atomic E-state index is 13.1. The van der Waals surface area contributed by atoms with Crippen LogP contribution in [-0.2, 0) is 13.1 Å². The number of carbonyl (C=O) groups excluding carboxylic acids is 2. The number of aromatic nitrogens is 2. The number of nitrogens with one attached hydrogen (secondary N) is 2. The highest BCUT2D eigenvalue weighted by Gasteiger charge is 2.36. The Balaban J connectivity index is 1.28. The molecule has 0 aliphatic carbocycles. The van der Waals surface area contributed by atoms with Crippen molar-refractivity contribution in [3.05, 3.63) is 94.2 Å². The molecule has 0 radical (unpaired) electrons. The van der Waals surface area contributed by atoms with E-state index in [1.54, 1.807) is 47.5 Å². The molecule has 8 nitrogen and oxygen atoms in total. The summed E-state index contributed by atoms with van der Waals surface area (Å²) in [6, 6.07) is 17.6. The Morgan fingerprint density at radius 2 is 1.82 bits per heavy atom. The summed E-state index contributed by atoms with van der Waals surface area (Å²) in [5.41, 5.74) is 2.63. The molecule has 2 N–H and O–H groups in total. The van der Waals surface area contributed by atoms with Crippen LogP contribution in [0.4, 0.5) is 10.5 Å². The molecule has 3 aromatic rings. The van der Waals surface area contributed by atoms with Gasteiger partial charge in [0.2, 0.25) is 0 Å². The number of benzene rings is 1. The van der Waals surface area contributed by atoms with Crippen LogP contribution >= 0.6 is 0 Å². The fourth-order valence-corrected chi connectivity index (χ4v) is 4.82. The summed E-state index contributed by atoms with van der Waals surface area (Å²) >= 11 is 0. The minimum atomic E-state index is -0.277. The summed E-state index contributed by atoms with van der Waals surface area (Å²) in [7, 11) is 0. The lowest BCUT2D eigenvalue weighted by Gasteiger charge is -2.42. The molecule has 5 rings (SSSR count). The Labute approximate surface area is 191 Å². The first kappa shape index (κ1) is 20.9. The van der Waals surface area contributed by atoms with E-state index in [1.165, 1.54) is 0 Å². The minimum absolute atomic E-state index is 0.0192. The Bertz CT molecular complexity index is 1240. The van der Waals surface area contributed by atoms with Gasteiger partial charge in [-0.05, 0) is 42.7 Å². The van der Waals surface area contributed by atoms with Gasteiger partial charge in [-0.2, -0.15) is 0 Å². The number of anilines is 1. The molecule has 33 heavy (non-hydrogen) atoms. The molecule has 2 atom stereocenters. The predicted octanol–water partition coefficient (Wildman–Crippen LogP) is 2.82. The van der Waals surface area contributed by atoms with Crippen molar-refractivity contribution in [1.82, 2.24) is 19.8 Å². The van der Waals surface area contributed by atoms with Gasteiger partial charge < -0.3 is 20.1 Å². The summed E-state index contributed by atoms with van der Waals surface area (Å²) in [6.45, 7) is 2.05. The molecule has 2 aliphatic heterocycles. The topological polar surface area (TPSA) is 96.3 Å². The van der Waals surface area contributed by atoms with Gasteiger partial charge in [0, 0.05) is 43.5 Å². The van der Waals surface area contributed by atoms with E-state index >= 15 is 0 Å². The van der Waals surface area contributed by atoms with Crippen molar-refractivity contribution in [2.75, 3.05) is 18.4 Å². The van der Waals surface area contributed by atoms with Gasteiger partial charge >= 0.3 is 6.03 Å². The normalized spacial score (nSPS) is 18.8. The first-order valence-electron chi connectivity index (χ1n) is 11.1. The molecule has 8 heteroatoms. The van der Waals surface area contributed by atoms with E-state index in [9.17, 15) is 14.4 Å². The average molecular weight is 444 g/mol. The van der Waals surface area contributed by atoms with Crippen LogP contribution in [0.3, 0.4) is 0 Å². The number of nitrogens with zero attached hydrogens (tertiary/aromatic N) is 3. The van der Waals surface area contributed by atoms with Crippen LogP contribution < -0.4 is 16.2 Å². The lowest BCUT2D eigenvalue weighted by molar-refractivity contribution is 0.0951. The molecule has 2 aromatic heterocycles. The van der Waals surface area contributed by atoms with Gasteiger partial charge in [-0.3, -0.25) is 14.6 Å². The summed E-state index contributed by atoms with van der Waals surface area (Å²) in [5, 5.41) is 5.78. The number of pyridine rings is 2. The van der Waals surface area contributed by atoms with Crippen LogP contribution in [0.5, 0.6) is 0 Å². The summed E-state index contributed by atoms with van der Waals surface area (Å²) in [4.78, 5) is 44.2. The number of piperidine rings is 1. The lowest BCUT2D eigenvalue weighted by atomic mass is 9.83. The first-order valence-corrected chi connectivity index (χ1v) is 11.1. The zero-order chi connectivity index (χ0) is 22.8. The van der Waals surface area contributed by atoms with Crippen molar-refractivity contribution in [2.24, 2.45) is 5.92 Å². The van der Waals surface area contributed by atoms with Gasteiger partial charge in [-0.1, -0.05) is 24.3 Å². The second-order valence-corrected chi connectivity index (χ2v) is 8.58. The number of rotatable bonds is 4. The molecule has 0 saturated carbocycles. The largest absolute Gasteiger partial charge is 0.346 e. The van der Waals surface area contributed by atoms with Gasteiger partial charge in [-0.15, -0.1) is 0 Å². The first-order chi connectivity index (χ1) is 16.1. The fourth-order valence-electron chi connectivity index (χ4n) is 4.82. The molecule has 0 spiro atoms. The van der Waals surface area contributed by atoms with E-state index in [2.05, 4.69) is 15.6 Å². The molecule has 2 aliphatic rings. The second kappa shape index (κ2) is 8.90. The molecule has 1 saturated heterocycles.